The molecule has 0 heterocycles. The van der Waals surface area contributed by atoms with Crippen LogP contribution >= 0.6 is 0 Å². The normalized spacial score (nSPS) is 13.3. The molecule has 0 fully saturated rings. The molecular weight excluding hydrogens is 398 g/mol. The average Bonchev–Trinajstić information content (AvgIpc) is 2.46. The average molecular weight is 430 g/mol. The predicted molar refractivity (Wildman–Crippen MR) is 109 cm³/mol. The Hall–Kier alpha value is -2.29. The third-order valence-electron chi connectivity index (χ3n) is 3.30. The van der Waals surface area contributed by atoms with Gasteiger partial charge in [-0.25, -0.2) is 4.79 Å². The summed E-state index contributed by atoms with van der Waals surface area (Å²) in [6, 6.07) is 6.36. The lowest BCUT2D eigenvalue weighted by atomic mass is 9.95. The summed E-state index contributed by atoms with van der Waals surface area (Å²) in [6.45, 7) is 10.6. The molecule has 0 aliphatic heterocycles. The van der Waals surface area contributed by atoms with E-state index in [9.17, 15) is 18.0 Å². The maximum Gasteiger partial charge on any atom is 0.407 e. The number of amides is 1. The Bertz CT molecular complexity index is 820. The molecule has 1 atom stereocenters. The third kappa shape index (κ3) is 11.3. The second-order valence-electron chi connectivity index (χ2n) is 8.73. The number of ether oxygens (including phenoxy) is 2. The van der Waals surface area contributed by atoms with Gasteiger partial charge >= 0.3 is 22.2 Å². The molecule has 0 saturated carbocycles. The highest BCUT2D eigenvalue weighted by Crippen LogP contribution is 2.25. The van der Waals surface area contributed by atoms with Crippen molar-refractivity contribution in [2.75, 3.05) is 12.8 Å². The van der Waals surface area contributed by atoms with Crippen molar-refractivity contribution in [3.05, 3.63) is 29.8 Å². The maximum absolute atomic E-state index is 12.3. The van der Waals surface area contributed by atoms with E-state index in [4.69, 9.17) is 13.7 Å². The first-order chi connectivity index (χ1) is 13.0. The highest BCUT2D eigenvalue weighted by atomic mass is 32.2. The molecule has 0 bridgehead atoms. The van der Waals surface area contributed by atoms with Crippen LogP contribution < -0.4 is 9.50 Å². The number of hydrogen-bond acceptors (Lipinski definition) is 7. The van der Waals surface area contributed by atoms with E-state index in [0.29, 0.717) is 5.56 Å². The van der Waals surface area contributed by atoms with Crippen LogP contribution in [0.25, 0.3) is 0 Å². The number of carbonyl (C=O) groups is 2. The second-order valence-corrected chi connectivity index (χ2v) is 10.3. The SMILES string of the molecule is CC(C)(C)OC(=O)CC(CNC(=O)OC(C)(C)C)c1cccc(OS(C)(=O)=O)c1. The van der Waals surface area contributed by atoms with Gasteiger partial charge in [0.15, 0.2) is 0 Å². The first-order valence-electron chi connectivity index (χ1n) is 9.22. The van der Waals surface area contributed by atoms with Crippen LogP contribution in [0, 0.1) is 0 Å². The molecule has 8 nitrogen and oxygen atoms in total. The smallest absolute Gasteiger partial charge is 0.407 e. The Morgan fingerprint density at radius 2 is 1.62 bits per heavy atom. The fraction of sp³-hybridized carbons (Fsp3) is 0.600. The lowest BCUT2D eigenvalue weighted by Crippen LogP contribution is -2.35. The van der Waals surface area contributed by atoms with Crippen molar-refractivity contribution >= 4 is 22.2 Å². The van der Waals surface area contributed by atoms with Crippen LogP contribution in [0.15, 0.2) is 24.3 Å². The predicted octanol–water partition coefficient (Wildman–Crippen LogP) is 3.37. The number of esters is 1. The fourth-order valence-corrected chi connectivity index (χ4v) is 2.86. The fourth-order valence-electron chi connectivity index (χ4n) is 2.41. The van der Waals surface area contributed by atoms with Gasteiger partial charge < -0.3 is 19.0 Å². The number of hydrogen-bond donors (Lipinski definition) is 1. The zero-order valence-electron chi connectivity index (χ0n) is 18.1. The topological polar surface area (TPSA) is 108 Å². The van der Waals surface area contributed by atoms with Crippen molar-refractivity contribution < 1.29 is 31.7 Å². The van der Waals surface area contributed by atoms with E-state index in [1.165, 1.54) is 12.1 Å². The van der Waals surface area contributed by atoms with Gasteiger partial charge in [0.25, 0.3) is 0 Å². The zero-order valence-corrected chi connectivity index (χ0v) is 18.9. The van der Waals surface area contributed by atoms with Crippen molar-refractivity contribution in [1.29, 1.82) is 0 Å². The zero-order chi connectivity index (χ0) is 22.5. The molecular formula is C20H31NO7S. The number of rotatable bonds is 7. The molecule has 1 unspecified atom stereocenters. The summed E-state index contributed by atoms with van der Waals surface area (Å²) in [6.07, 6.45) is 0.312. The lowest BCUT2D eigenvalue weighted by Gasteiger charge is -2.24. The van der Waals surface area contributed by atoms with Crippen LogP contribution in [0.5, 0.6) is 5.75 Å². The Morgan fingerprint density at radius 1 is 1.03 bits per heavy atom. The van der Waals surface area contributed by atoms with Crippen molar-refractivity contribution in [1.82, 2.24) is 5.32 Å². The number of carbonyl (C=O) groups excluding carboxylic acids is 2. The molecule has 0 aromatic heterocycles. The van der Waals surface area contributed by atoms with Gasteiger partial charge in [0.05, 0.1) is 12.7 Å². The lowest BCUT2D eigenvalue weighted by molar-refractivity contribution is -0.155. The first-order valence-corrected chi connectivity index (χ1v) is 11.0. The number of alkyl carbamates (subject to hydrolysis) is 1. The van der Waals surface area contributed by atoms with Gasteiger partial charge in [0.1, 0.15) is 17.0 Å². The third-order valence-corrected chi connectivity index (χ3v) is 3.80. The van der Waals surface area contributed by atoms with Gasteiger partial charge in [0.2, 0.25) is 0 Å². The molecule has 29 heavy (non-hydrogen) atoms. The van der Waals surface area contributed by atoms with Gasteiger partial charge in [-0.2, -0.15) is 8.42 Å². The molecule has 1 N–H and O–H groups in total. The highest BCUT2D eigenvalue weighted by Gasteiger charge is 2.24. The molecule has 1 aromatic rings. The quantitative estimate of drug-likeness (QED) is 0.523. The monoisotopic (exact) mass is 429 g/mol. The van der Waals surface area contributed by atoms with Gasteiger partial charge in [-0.3, -0.25) is 4.79 Å². The summed E-state index contributed by atoms with van der Waals surface area (Å²) in [5.74, 6) is -0.792. The van der Waals surface area contributed by atoms with E-state index < -0.39 is 39.3 Å². The van der Waals surface area contributed by atoms with Crippen molar-refractivity contribution in [3.8, 4) is 5.75 Å². The largest absolute Gasteiger partial charge is 0.460 e. The molecule has 1 aromatic carbocycles. The van der Waals surface area contributed by atoms with E-state index in [1.54, 1.807) is 53.7 Å². The highest BCUT2D eigenvalue weighted by molar-refractivity contribution is 7.86. The summed E-state index contributed by atoms with van der Waals surface area (Å²) in [5, 5.41) is 2.65. The van der Waals surface area contributed by atoms with Gasteiger partial charge in [-0.05, 0) is 59.2 Å². The minimum atomic E-state index is -3.69. The molecule has 9 heteroatoms. The van der Waals surface area contributed by atoms with E-state index in [1.807, 2.05) is 0 Å². The number of benzene rings is 1. The van der Waals surface area contributed by atoms with Crippen LogP contribution in [-0.4, -0.2) is 44.5 Å². The van der Waals surface area contributed by atoms with Crippen molar-refractivity contribution in [2.24, 2.45) is 0 Å². The van der Waals surface area contributed by atoms with Crippen molar-refractivity contribution in [3.63, 3.8) is 0 Å². The van der Waals surface area contributed by atoms with E-state index in [-0.39, 0.29) is 18.7 Å². The van der Waals surface area contributed by atoms with Crippen LogP contribution in [0.3, 0.4) is 0 Å². The molecule has 1 rings (SSSR count). The van der Waals surface area contributed by atoms with Crippen LogP contribution in [0.4, 0.5) is 4.79 Å². The van der Waals surface area contributed by atoms with Gasteiger partial charge in [-0.1, -0.05) is 12.1 Å². The molecule has 1 amide bonds. The molecule has 0 aliphatic carbocycles. The Balaban J connectivity index is 3.02. The Morgan fingerprint density at radius 3 is 2.14 bits per heavy atom. The molecule has 0 aliphatic rings. The van der Waals surface area contributed by atoms with Crippen LogP contribution in [-0.2, 0) is 24.4 Å². The van der Waals surface area contributed by atoms with Crippen LogP contribution in [0.2, 0.25) is 0 Å². The van der Waals surface area contributed by atoms with E-state index >= 15 is 0 Å². The second kappa shape index (κ2) is 9.47. The summed E-state index contributed by atoms with van der Waals surface area (Å²) in [7, 11) is -3.69. The van der Waals surface area contributed by atoms with Gasteiger partial charge in [-0.15, -0.1) is 0 Å². The molecule has 0 radical (unpaired) electrons. The molecule has 0 saturated heterocycles. The minimum Gasteiger partial charge on any atom is -0.460 e. The summed E-state index contributed by atoms with van der Waals surface area (Å²) in [4.78, 5) is 24.3. The molecule has 164 valence electrons. The Labute approximate surface area is 173 Å². The first kappa shape index (κ1) is 24.7. The Kier molecular flexibility index (Phi) is 8.08. The minimum absolute atomic E-state index is 0.0185. The standard InChI is InChI=1S/C20H31NO7S/c1-19(2,3)26-17(22)12-15(13-21-18(23)27-20(4,5)6)14-9-8-10-16(11-14)28-29(7,24)25/h8-11,15H,12-13H2,1-7H3,(H,21,23). The summed E-state index contributed by atoms with van der Waals surface area (Å²) in [5.41, 5.74) is -0.691. The van der Waals surface area contributed by atoms with E-state index in [0.717, 1.165) is 6.26 Å². The summed E-state index contributed by atoms with van der Waals surface area (Å²) < 4.78 is 38.3. The van der Waals surface area contributed by atoms with E-state index in [2.05, 4.69) is 5.32 Å². The summed E-state index contributed by atoms with van der Waals surface area (Å²) >= 11 is 0. The molecule has 0 spiro atoms. The maximum atomic E-state index is 12.3. The van der Waals surface area contributed by atoms with Crippen molar-refractivity contribution in [2.45, 2.75) is 65.1 Å². The van der Waals surface area contributed by atoms with Crippen LogP contribution in [0.1, 0.15) is 59.4 Å². The number of nitrogens with one attached hydrogen (secondary N) is 1. The van der Waals surface area contributed by atoms with Gasteiger partial charge in [0, 0.05) is 12.5 Å².